The Bertz CT molecular complexity index is 471. The number of ether oxygens (including phenoxy) is 1. The van der Waals surface area contributed by atoms with Crippen LogP contribution in [0.3, 0.4) is 0 Å². The fourth-order valence-electron chi connectivity index (χ4n) is 1.03. The maximum Gasteiger partial charge on any atom is 0.262 e. The first kappa shape index (κ1) is 13.8. The lowest BCUT2D eigenvalue weighted by Gasteiger charge is -2.09. The second kappa shape index (κ2) is 5.38. The summed E-state index contributed by atoms with van der Waals surface area (Å²) in [6, 6.07) is 4.60. The van der Waals surface area contributed by atoms with Gasteiger partial charge in [-0.3, -0.25) is 0 Å². The smallest absolute Gasteiger partial charge is 0.262 e. The topological polar surface area (TPSA) is 43.4 Å². The molecule has 0 N–H and O–H groups in total. The van der Waals surface area contributed by atoms with Gasteiger partial charge in [0.25, 0.3) is 9.05 Å². The van der Waals surface area contributed by atoms with Gasteiger partial charge in [0, 0.05) is 15.2 Å². The largest absolute Gasteiger partial charge is 0.493 e. The Balaban J connectivity index is 2.92. The van der Waals surface area contributed by atoms with Crippen LogP contribution in [0.2, 0.25) is 0 Å². The molecule has 0 spiro atoms. The van der Waals surface area contributed by atoms with Crippen molar-refractivity contribution < 1.29 is 13.2 Å². The van der Waals surface area contributed by atoms with E-state index in [0.717, 1.165) is 0 Å². The van der Waals surface area contributed by atoms with E-state index < -0.39 is 9.05 Å². The van der Waals surface area contributed by atoms with Crippen molar-refractivity contribution >= 4 is 35.7 Å². The lowest BCUT2D eigenvalue weighted by atomic mass is 10.2. The van der Waals surface area contributed by atoms with Gasteiger partial charge < -0.3 is 4.74 Å². The van der Waals surface area contributed by atoms with Gasteiger partial charge in [0.05, 0.1) is 11.5 Å². The zero-order chi connectivity index (χ0) is 12.3. The standard InChI is InChI=1S/C10H12BrClO3S/c1-7(2)6-15-8-3-4-10(9(11)5-8)16(12,13)14/h3-5,7H,6H2,1-2H3. The first-order valence-corrected chi connectivity index (χ1v) is 7.78. The van der Waals surface area contributed by atoms with Gasteiger partial charge >= 0.3 is 0 Å². The van der Waals surface area contributed by atoms with Crippen LogP contribution in [0.1, 0.15) is 13.8 Å². The van der Waals surface area contributed by atoms with Crippen LogP contribution in [-0.4, -0.2) is 15.0 Å². The molecule has 0 fully saturated rings. The Morgan fingerprint density at radius 3 is 2.50 bits per heavy atom. The van der Waals surface area contributed by atoms with Crippen molar-refractivity contribution in [3.05, 3.63) is 22.7 Å². The Labute approximate surface area is 108 Å². The molecule has 1 rings (SSSR count). The summed E-state index contributed by atoms with van der Waals surface area (Å²) < 4.78 is 28.1. The summed E-state index contributed by atoms with van der Waals surface area (Å²) in [7, 11) is 1.53. The summed E-state index contributed by atoms with van der Waals surface area (Å²) in [6.07, 6.45) is 0. The molecular formula is C10H12BrClO3S. The quantitative estimate of drug-likeness (QED) is 0.796. The van der Waals surface area contributed by atoms with E-state index >= 15 is 0 Å². The molecule has 0 aliphatic heterocycles. The minimum absolute atomic E-state index is 0.0473. The predicted octanol–water partition coefficient (Wildman–Crippen LogP) is 3.41. The van der Waals surface area contributed by atoms with Crippen molar-refractivity contribution in [2.75, 3.05) is 6.61 Å². The maximum atomic E-state index is 11.1. The van der Waals surface area contributed by atoms with Crippen LogP contribution in [0.25, 0.3) is 0 Å². The number of hydrogen-bond acceptors (Lipinski definition) is 3. The van der Waals surface area contributed by atoms with E-state index in [4.69, 9.17) is 15.4 Å². The summed E-state index contributed by atoms with van der Waals surface area (Å²) in [5.74, 6) is 1.03. The number of benzene rings is 1. The van der Waals surface area contributed by atoms with Crippen LogP contribution in [0.15, 0.2) is 27.6 Å². The van der Waals surface area contributed by atoms with E-state index in [2.05, 4.69) is 15.9 Å². The van der Waals surface area contributed by atoms with Crippen LogP contribution in [0.4, 0.5) is 0 Å². The molecule has 0 radical (unpaired) electrons. The predicted molar refractivity (Wildman–Crippen MR) is 67.5 cm³/mol. The van der Waals surface area contributed by atoms with Gasteiger partial charge in [-0.25, -0.2) is 8.42 Å². The highest BCUT2D eigenvalue weighted by molar-refractivity contribution is 9.10. The van der Waals surface area contributed by atoms with Gasteiger partial charge in [0.2, 0.25) is 0 Å². The first-order chi connectivity index (χ1) is 7.30. The summed E-state index contributed by atoms with van der Waals surface area (Å²) in [4.78, 5) is 0.0473. The highest BCUT2D eigenvalue weighted by atomic mass is 79.9. The fraction of sp³-hybridized carbons (Fsp3) is 0.400. The Morgan fingerprint density at radius 2 is 2.06 bits per heavy atom. The third-order valence-corrected chi connectivity index (χ3v) is 4.05. The fourth-order valence-corrected chi connectivity index (χ4v) is 3.23. The zero-order valence-corrected chi connectivity index (χ0v) is 12.1. The molecule has 16 heavy (non-hydrogen) atoms. The minimum atomic E-state index is -3.71. The third kappa shape index (κ3) is 3.96. The molecular weight excluding hydrogens is 316 g/mol. The maximum absolute atomic E-state index is 11.1. The molecule has 6 heteroatoms. The number of halogens is 2. The summed E-state index contributed by atoms with van der Waals surface area (Å²) in [5, 5.41) is 0. The highest BCUT2D eigenvalue weighted by Crippen LogP contribution is 2.29. The van der Waals surface area contributed by atoms with Gasteiger partial charge in [-0.05, 0) is 40.0 Å². The highest BCUT2D eigenvalue weighted by Gasteiger charge is 2.14. The third-order valence-electron chi connectivity index (χ3n) is 1.75. The van der Waals surface area contributed by atoms with Crippen LogP contribution >= 0.6 is 26.6 Å². The molecule has 0 unspecified atom stereocenters. The van der Waals surface area contributed by atoms with Gasteiger partial charge in [-0.15, -0.1) is 0 Å². The number of hydrogen-bond donors (Lipinski definition) is 0. The average molecular weight is 328 g/mol. The van der Waals surface area contributed by atoms with Gasteiger partial charge in [0.15, 0.2) is 0 Å². The summed E-state index contributed by atoms with van der Waals surface area (Å²) in [5.41, 5.74) is 0. The van der Waals surface area contributed by atoms with E-state index in [-0.39, 0.29) is 4.90 Å². The van der Waals surface area contributed by atoms with Crippen molar-refractivity contribution in [1.29, 1.82) is 0 Å². The van der Waals surface area contributed by atoms with Crippen molar-refractivity contribution in [3.8, 4) is 5.75 Å². The van der Waals surface area contributed by atoms with Gasteiger partial charge in [-0.1, -0.05) is 13.8 Å². The average Bonchev–Trinajstić information content (AvgIpc) is 2.12. The van der Waals surface area contributed by atoms with E-state index in [1.165, 1.54) is 6.07 Å². The molecule has 1 aromatic rings. The molecule has 0 saturated heterocycles. The molecule has 1 aromatic carbocycles. The van der Waals surface area contributed by atoms with E-state index in [0.29, 0.717) is 22.7 Å². The van der Waals surface area contributed by atoms with E-state index in [1.54, 1.807) is 12.1 Å². The normalized spacial score (nSPS) is 11.8. The van der Waals surface area contributed by atoms with Crippen LogP contribution in [0.5, 0.6) is 5.75 Å². The lowest BCUT2D eigenvalue weighted by Crippen LogP contribution is -2.04. The molecule has 0 heterocycles. The molecule has 0 atom stereocenters. The van der Waals surface area contributed by atoms with Crippen molar-refractivity contribution in [2.24, 2.45) is 5.92 Å². The molecule has 0 aliphatic carbocycles. The molecule has 0 bridgehead atoms. The second-order valence-corrected chi connectivity index (χ2v) is 7.12. The van der Waals surface area contributed by atoms with Crippen LogP contribution in [-0.2, 0) is 9.05 Å². The SMILES string of the molecule is CC(C)COc1ccc(S(=O)(=O)Cl)c(Br)c1. The Morgan fingerprint density at radius 1 is 1.44 bits per heavy atom. The first-order valence-electron chi connectivity index (χ1n) is 4.67. The molecule has 0 aliphatic rings. The van der Waals surface area contributed by atoms with Crippen molar-refractivity contribution in [1.82, 2.24) is 0 Å². The Hall–Kier alpha value is -0.260. The van der Waals surface area contributed by atoms with Crippen LogP contribution < -0.4 is 4.74 Å². The van der Waals surface area contributed by atoms with Crippen LogP contribution in [0, 0.1) is 5.92 Å². The molecule has 90 valence electrons. The van der Waals surface area contributed by atoms with Crippen molar-refractivity contribution in [3.63, 3.8) is 0 Å². The van der Waals surface area contributed by atoms with E-state index in [9.17, 15) is 8.42 Å². The summed E-state index contributed by atoms with van der Waals surface area (Å²) in [6.45, 7) is 4.65. The monoisotopic (exact) mass is 326 g/mol. The molecule has 0 saturated carbocycles. The van der Waals surface area contributed by atoms with E-state index in [1.807, 2.05) is 13.8 Å². The van der Waals surface area contributed by atoms with Gasteiger partial charge in [0.1, 0.15) is 5.75 Å². The lowest BCUT2D eigenvalue weighted by molar-refractivity contribution is 0.270. The molecule has 0 aromatic heterocycles. The molecule has 3 nitrogen and oxygen atoms in total. The molecule has 0 amide bonds. The second-order valence-electron chi connectivity index (χ2n) is 3.73. The zero-order valence-electron chi connectivity index (χ0n) is 8.91. The minimum Gasteiger partial charge on any atom is -0.493 e. The summed E-state index contributed by atoms with van der Waals surface area (Å²) >= 11 is 3.15. The number of rotatable bonds is 4. The van der Waals surface area contributed by atoms with Crippen molar-refractivity contribution in [2.45, 2.75) is 18.7 Å². The Kier molecular flexibility index (Phi) is 4.64. The van der Waals surface area contributed by atoms with Gasteiger partial charge in [-0.2, -0.15) is 0 Å².